The summed E-state index contributed by atoms with van der Waals surface area (Å²) in [4.78, 5) is 14.2. The van der Waals surface area contributed by atoms with Crippen LogP contribution in [0.2, 0.25) is 0 Å². The van der Waals surface area contributed by atoms with Gasteiger partial charge in [0, 0.05) is 18.7 Å². The van der Waals surface area contributed by atoms with Gasteiger partial charge in [0.2, 0.25) is 6.79 Å². The summed E-state index contributed by atoms with van der Waals surface area (Å²) in [5.74, 6) is 1.37. The summed E-state index contributed by atoms with van der Waals surface area (Å²) < 4.78 is 10.5. The first kappa shape index (κ1) is 13.7. The number of carbonyl (C=O) groups excluding carboxylic acids is 1. The fraction of sp³-hybridized carbons (Fsp3) is 0.500. The Hall–Kier alpha value is -1.75. The summed E-state index contributed by atoms with van der Waals surface area (Å²) >= 11 is 0. The first-order valence-corrected chi connectivity index (χ1v) is 6.65. The van der Waals surface area contributed by atoms with Crippen LogP contribution >= 0.6 is 0 Å². The van der Waals surface area contributed by atoms with E-state index in [1.54, 1.807) is 18.2 Å². The second kappa shape index (κ2) is 6.43. The maximum Gasteiger partial charge on any atom is 0.253 e. The zero-order valence-electron chi connectivity index (χ0n) is 11.2. The van der Waals surface area contributed by atoms with Crippen LogP contribution in [-0.4, -0.2) is 37.2 Å². The van der Waals surface area contributed by atoms with E-state index >= 15 is 0 Å². The fourth-order valence-corrected chi connectivity index (χ4v) is 2.06. The topological polar surface area (TPSA) is 64.8 Å². The summed E-state index contributed by atoms with van der Waals surface area (Å²) in [6.45, 7) is 4.29. The molecule has 1 aliphatic heterocycles. The Kier molecular flexibility index (Phi) is 4.63. The second-order valence-corrected chi connectivity index (χ2v) is 4.45. The molecule has 1 heterocycles. The zero-order chi connectivity index (χ0) is 13.7. The lowest BCUT2D eigenvalue weighted by Crippen LogP contribution is -2.32. The third-order valence-corrected chi connectivity index (χ3v) is 3.17. The highest BCUT2D eigenvalue weighted by molar-refractivity contribution is 5.95. The van der Waals surface area contributed by atoms with Gasteiger partial charge < -0.3 is 20.1 Å². The van der Waals surface area contributed by atoms with Gasteiger partial charge in [0.1, 0.15) is 0 Å². The molecule has 0 saturated heterocycles. The van der Waals surface area contributed by atoms with Gasteiger partial charge in [-0.1, -0.05) is 0 Å². The molecule has 1 aromatic carbocycles. The van der Waals surface area contributed by atoms with Crippen molar-refractivity contribution in [3.63, 3.8) is 0 Å². The van der Waals surface area contributed by atoms with Gasteiger partial charge in [-0.15, -0.1) is 0 Å². The number of nitrogens with zero attached hydrogens (tertiary/aromatic N) is 1. The van der Waals surface area contributed by atoms with Gasteiger partial charge in [0.25, 0.3) is 5.91 Å². The number of benzene rings is 1. The quantitative estimate of drug-likeness (QED) is 0.793. The third-order valence-electron chi connectivity index (χ3n) is 3.17. The van der Waals surface area contributed by atoms with Gasteiger partial charge in [-0.25, -0.2) is 0 Å². The van der Waals surface area contributed by atoms with Crippen molar-refractivity contribution in [1.29, 1.82) is 0 Å². The number of hydrogen-bond donors (Lipinski definition) is 1. The molecule has 5 heteroatoms. The van der Waals surface area contributed by atoms with Crippen LogP contribution in [0.15, 0.2) is 18.2 Å². The van der Waals surface area contributed by atoms with E-state index in [1.165, 1.54) is 0 Å². The fourth-order valence-electron chi connectivity index (χ4n) is 2.06. The van der Waals surface area contributed by atoms with Crippen LogP contribution in [0.3, 0.4) is 0 Å². The van der Waals surface area contributed by atoms with Gasteiger partial charge >= 0.3 is 0 Å². The number of ether oxygens (including phenoxy) is 2. The van der Waals surface area contributed by atoms with Crippen LogP contribution in [0.1, 0.15) is 30.1 Å². The summed E-state index contributed by atoms with van der Waals surface area (Å²) in [6.07, 6.45) is 1.87. The van der Waals surface area contributed by atoms with Crippen molar-refractivity contribution >= 4 is 5.91 Å². The molecule has 0 unspecified atom stereocenters. The highest BCUT2D eigenvalue weighted by Gasteiger charge is 2.19. The Bertz CT molecular complexity index is 448. The van der Waals surface area contributed by atoms with E-state index in [1.807, 2.05) is 11.8 Å². The Morgan fingerprint density at radius 3 is 2.84 bits per heavy atom. The number of fused-ring (bicyclic) bond motifs is 1. The van der Waals surface area contributed by atoms with E-state index in [4.69, 9.17) is 15.2 Å². The Labute approximate surface area is 113 Å². The molecule has 0 aromatic heterocycles. The van der Waals surface area contributed by atoms with Crippen molar-refractivity contribution in [2.75, 3.05) is 26.4 Å². The molecule has 0 fully saturated rings. The van der Waals surface area contributed by atoms with E-state index in [0.29, 0.717) is 30.2 Å². The minimum Gasteiger partial charge on any atom is -0.454 e. The minimum absolute atomic E-state index is 0.0258. The molecule has 1 amide bonds. The first-order valence-electron chi connectivity index (χ1n) is 6.65. The van der Waals surface area contributed by atoms with Crippen molar-refractivity contribution < 1.29 is 14.3 Å². The molecule has 0 aliphatic carbocycles. The average Bonchev–Trinajstić information content (AvgIpc) is 2.90. The smallest absolute Gasteiger partial charge is 0.253 e. The van der Waals surface area contributed by atoms with Gasteiger partial charge in [0.05, 0.1) is 0 Å². The normalized spacial score (nSPS) is 12.5. The van der Waals surface area contributed by atoms with Crippen LogP contribution in [-0.2, 0) is 0 Å². The summed E-state index contributed by atoms with van der Waals surface area (Å²) in [5, 5.41) is 0. The van der Waals surface area contributed by atoms with Crippen molar-refractivity contribution in [2.24, 2.45) is 5.73 Å². The highest BCUT2D eigenvalue weighted by Crippen LogP contribution is 2.32. The Morgan fingerprint density at radius 2 is 2.11 bits per heavy atom. The van der Waals surface area contributed by atoms with Crippen LogP contribution in [0.5, 0.6) is 11.5 Å². The van der Waals surface area contributed by atoms with Crippen molar-refractivity contribution in [3.05, 3.63) is 23.8 Å². The molecule has 0 saturated carbocycles. The number of unbranched alkanes of at least 4 members (excludes halogenated alkanes) is 1. The highest BCUT2D eigenvalue weighted by atomic mass is 16.7. The van der Waals surface area contributed by atoms with E-state index < -0.39 is 0 Å². The molecule has 2 rings (SSSR count). The second-order valence-electron chi connectivity index (χ2n) is 4.45. The first-order chi connectivity index (χ1) is 9.26. The molecule has 0 spiro atoms. The molecule has 19 heavy (non-hydrogen) atoms. The number of amides is 1. The third kappa shape index (κ3) is 3.17. The SMILES string of the molecule is CCN(CCCCN)C(=O)c1ccc2c(c1)OCO2. The monoisotopic (exact) mass is 264 g/mol. The van der Waals surface area contributed by atoms with Gasteiger partial charge in [-0.2, -0.15) is 0 Å². The van der Waals surface area contributed by atoms with Gasteiger partial charge in [-0.3, -0.25) is 4.79 Å². The predicted octanol–water partition coefficient (Wildman–Crippen LogP) is 1.62. The molecule has 1 aromatic rings. The van der Waals surface area contributed by atoms with E-state index in [9.17, 15) is 4.79 Å². The standard InChI is InChI=1S/C14H20N2O3/c1-2-16(8-4-3-7-15)14(17)11-5-6-12-13(9-11)19-10-18-12/h5-6,9H,2-4,7-8,10,15H2,1H3. The largest absolute Gasteiger partial charge is 0.454 e. The van der Waals surface area contributed by atoms with Gasteiger partial charge in [0.15, 0.2) is 11.5 Å². The minimum atomic E-state index is 0.0258. The lowest BCUT2D eigenvalue weighted by molar-refractivity contribution is 0.0761. The maximum absolute atomic E-state index is 12.4. The number of rotatable bonds is 6. The van der Waals surface area contributed by atoms with E-state index in [0.717, 1.165) is 19.4 Å². The van der Waals surface area contributed by atoms with Crippen LogP contribution in [0.25, 0.3) is 0 Å². The Balaban J connectivity index is 2.04. The maximum atomic E-state index is 12.4. The Morgan fingerprint density at radius 1 is 1.32 bits per heavy atom. The van der Waals surface area contributed by atoms with E-state index in [2.05, 4.69) is 0 Å². The molecule has 1 aliphatic rings. The summed E-state index contributed by atoms with van der Waals surface area (Å²) in [7, 11) is 0. The molecular formula is C14H20N2O3. The average molecular weight is 264 g/mol. The molecule has 0 bridgehead atoms. The molecule has 104 valence electrons. The molecule has 0 atom stereocenters. The summed E-state index contributed by atoms with van der Waals surface area (Å²) in [5.41, 5.74) is 6.11. The molecule has 0 radical (unpaired) electrons. The number of carbonyl (C=O) groups is 1. The van der Waals surface area contributed by atoms with Gasteiger partial charge in [-0.05, 0) is 44.5 Å². The van der Waals surface area contributed by atoms with Crippen molar-refractivity contribution in [1.82, 2.24) is 4.90 Å². The lowest BCUT2D eigenvalue weighted by atomic mass is 10.1. The van der Waals surface area contributed by atoms with Crippen molar-refractivity contribution in [2.45, 2.75) is 19.8 Å². The predicted molar refractivity (Wildman–Crippen MR) is 72.4 cm³/mol. The van der Waals surface area contributed by atoms with Crippen LogP contribution in [0.4, 0.5) is 0 Å². The number of nitrogens with two attached hydrogens (primary N) is 1. The lowest BCUT2D eigenvalue weighted by Gasteiger charge is -2.20. The van der Waals surface area contributed by atoms with Crippen LogP contribution in [0, 0.1) is 0 Å². The van der Waals surface area contributed by atoms with Crippen LogP contribution < -0.4 is 15.2 Å². The van der Waals surface area contributed by atoms with E-state index in [-0.39, 0.29) is 12.7 Å². The molecule has 2 N–H and O–H groups in total. The number of hydrogen-bond acceptors (Lipinski definition) is 4. The zero-order valence-corrected chi connectivity index (χ0v) is 11.2. The summed E-state index contributed by atoms with van der Waals surface area (Å²) in [6, 6.07) is 5.31. The molecular weight excluding hydrogens is 244 g/mol. The van der Waals surface area contributed by atoms with Crippen molar-refractivity contribution in [3.8, 4) is 11.5 Å². The molecule has 5 nitrogen and oxygen atoms in total.